The molecule has 3 aromatic rings. The van der Waals surface area contributed by atoms with Crippen LogP contribution < -0.4 is 5.32 Å². The topological polar surface area (TPSA) is 103 Å². The van der Waals surface area contributed by atoms with E-state index in [2.05, 4.69) is 15.4 Å². The average Bonchev–Trinajstić information content (AvgIpc) is 3.13. The van der Waals surface area contributed by atoms with Gasteiger partial charge in [-0.3, -0.25) is 14.9 Å². The van der Waals surface area contributed by atoms with Crippen LogP contribution in [0.25, 0.3) is 5.69 Å². The van der Waals surface area contributed by atoms with Crippen LogP contribution in [0.1, 0.15) is 15.9 Å². The molecule has 3 rings (SSSR count). The Bertz CT molecular complexity index is 927. The number of carbonyl (C=O) groups excluding carboxylic acids is 1. The molecule has 0 saturated heterocycles. The van der Waals surface area contributed by atoms with Gasteiger partial charge >= 0.3 is 0 Å². The van der Waals surface area contributed by atoms with Crippen molar-refractivity contribution >= 4 is 23.2 Å². The Labute approximate surface area is 147 Å². The van der Waals surface area contributed by atoms with Gasteiger partial charge in [0.2, 0.25) is 0 Å². The molecule has 0 aliphatic heterocycles. The molecule has 0 unspecified atom stereocenters. The highest BCUT2D eigenvalue weighted by molar-refractivity contribution is 6.30. The molecule has 126 valence electrons. The number of hydrogen-bond donors (Lipinski definition) is 1. The predicted molar refractivity (Wildman–Crippen MR) is 90.6 cm³/mol. The maximum Gasteiger partial charge on any atom is 0.295 e. The van der Waals surface area contributed by atoms with Crippen LogP contribution in [-0.2, 0) is 6.54 Å². The Balaban J connectivity index is 1.81. The molecule has 8 nitrogen and oxygen atoms in total. The average molecular weight is 358 g/mol. The molecule has 0 aliphatic carbocycles. The second-order valence-electron chi connectivity index (χ2n) is 5.11. The monoisotopic (exact) mass is 357 g/mol. The standard InChI is InChI=1S/C16H12ClN5O3/c17-13-3-1-2-11(6-13)8-19-16(23)12-4-5-14(15(7-12)22(24)25)21-10-18-9-20-21/h1-7,9-10H,8H2,(H,19,23). The van der Waals surface area contributed by atoms with Gasteiger partial charge in [0.05, 0.1) is 4.92 Å². The van der Waals surface area contributed by atoms with E-state index in [1.54, 1.807) is 18.2 Å². The highest BCUT2D eigenvalue weighted by Gasteiger charge is 2.19. The molecule has 1 N–H and O–H groups in total. The van der Waals surface area contributed by atoms with Gasteiger partial charge in [-0.05, 0) is 29.8 Å². The zero-order chi connectivity index (χ0) is 17.8. The van der Waals surface area contributed by atoms with Crippen molar-refractivity contribution in [3.8, 4) is 5.69 Å². The van der Waals surface area contributed by atoms with Crippen molar-refractivity contribution < 1.29 is 9.72 Å². The molecule has 25 heavy (non-hydrogen) atoms. The van der Waals surface area contributed by atoms with Crippen LogP contribution in [0.2, 0.25) is 5.02 Å². The van der Waals surface area contributed by atoms with Crippen molar-refractivity contribution in [1.29, 1.82) is 0 Å². The van der Waals surface area contributed by atoms with E-state index >= 15 is 0 Å². The lowest BCUT2D eigenvalue weighted by Gasteiger charge is -2.07. The first-order valence-electron chi connectivity index (χ1n) is 7.20. The van der Waals surface area contributed by atoms with Crippen LogP contribution in [0.3, 0.4) is 0 Å². The summed E-state index contributed by atoms with van der Waals surface area (Å²) in [6.45, 7) is 0.262. The third-order valence-corrected chi connectivity index (χ3v) is 3.68. The van der Waals surface area contributed by atoms with Crippen molar-refractivity contribution in [1.82, 2.24) is 20.1 Å². The molecule has 2 aromatic carbocycles. The molecule has 0 spiro atoms. The summed E-state index contributed by atoms with van der Waals surface area (Å²) < 4.78 is 1.27. The number of halogens is 1. The van der Waals surface area contributed by atoms with Gasteiger partial charge in [0, 0.05) is 23.2 Å². The number of amides is 1. The van der Waals surface area contributed by atoms with Gasteiger partial charge in [0.15, 0.2) is 0 Å². The highest BCUT2D eigenvalue weighted by atomic mass is 35.5. The molecular formula is C16H12ClN5O3. The van der Waals surface area contributed by atoms with E-state index in [-0.39, 0.29) is 23.5 Å². The smallest absolute Gasteiger partial charge is 0.295 e. The summed E-state index contributed by atoms with van der Waals surface area (Å²) in [6.07, 6.45) is 2.62. The molecule has 1 heterocycles. The van der Waals surface area contributed by atoms with E-state index < -0.39 is 10.8 Å². The fourth-order valence-electron chi connectivity index (χ4n) is 2.27. The SMILES string of the molecule is O=C(NCc1cccc(Cl)c1)c1ccc(-n2cncn2)c([N+](=O)[O-])c1. The van der Waals surface area contributed by atoms with E-state index in [0.717, 1.165) is 5.56 Å². The van der Waals surface area contributed by atoms with Crippen molar-refractivity contribution in [3.63, 3.8) is 0 Å². The van der Waals surface area contributed by atoms with Crippen molar-refractivity contribution in [3.05, 3.63) is 81.4 Å². The number of nitro benzene ring substituents is 1. The summed E-state index contributed by atoms with van der Waals surface area (Å²) in [5.41, 5.74) is 1.00. The Morgan fingerprint density at radius 3 is 2.80 bits per heavy atom. The van der Waals surface area contributed by atoms with Gasteiger partial charge in [0.1, 0.15) is 18.3 Å². The fourth-order valence-corrected chi connectivity index (χ4v) is 2.48. The van der Waals surface area contributed by atoms with Crippen LogP contribution in [0, 0.1) is 10.1 Å². The minimum atomic E-state index is -0.565. The Kier molecular flexibility index (Phi) is 4.71. The molecule has 0 fully saturated rings. The van der Waals surface area contributed by atoms with Crippen LogP contribution >= 0.6 is 11.6 Å². The van der Waals surface area contributed by atoms with Gasteiger partial charge in [-0.2, -0.15) is 5.10 Å². The lowest BCUT2D eigenvalue weighted by molar-refractivity contribution is -0.384. The number of nitrogens with one attached hydrogen (secondary N) is 1. The molecule has 0 saturated carbocycles. The van der Waals surface area contributed by atoms with E-state index in [0.29, 0.717) is 5.02 Å². The van der Waals surface area contributed by atoms with E-state index in [1.807, 2.05) is 6.07 Å². The third-order valence-electron chi connectivity index (χ3n) is 3.44. The third kappa shape index (κ3) is 3.81. The lowest BCUT2D eigenvalue weighted by atomic mass is 10.1. The highest BCUT2D eigenvalue weighted by Crippen LogP contribution is 2.23. The van der Waals surface area contributed by atoms with Gasteiger partial charge in [-0.25, -0.2) is 9.67 Å². The van der Waals surface area contributed by atoms with E-state index in [9.17, 15) is 14.9 Å². The number of carbonyl (C=O) groups is 1. The van der Waals surface area contributed by atoms with E-state index in [4.69, 9.17) is 11.6 Å². The number of aromatic nitrogens is 3. The predicted octanol–water partition coefficient (Wildman–Crippen LogP) is 2.76. The normalized spacial score (nSPS) is 10.4. The van der Waals surface area contributed by atoms with Gasteiger partial charge < -0.3 is 5.32 Å². The quantitative estimate of drug-likeness (QED) is 0.558. The number of nitrogens with zero attached hydrogens (tertiary/aromatic N) is 4. The zero-order valence-corrected chi connectivity index (χ0v) is 13.6. The Hall–Kier alpha value is -3.26. The van der Waals surface area contributed by atoms with E-state index in [1.165, 1.54) is 35.5 Å². The molecule has 0 aliphatic rings. The van der Waals surface area contributed by atoms with Crippen LogP contribution in [0.4, 0.5) is 5.69 Å². The number of nitro groups is 1. The molecular weight excluding hydrogens is 346 g/mol. The van der Waals surface area contributed by atoms with Crippen molar-refractivity contribution in [2.75, 3.05) is 0 Å². The summed E-state index contributed by atoms with van der Waals surface area (Å²) in [7, 11) is 0. The first kappa shape index (κ1) is 16.6. The summed E-state index contributed by atoms with van der Waals surface area (Å²) >= 11 is 5.90. The fraction of sp³-hybridized carbons (Fsp3) is 0.0625. The maximum absolute atomic E-state index is 12.3. The first-order chi connectivity index (χ1) is 12.0. The largest absolute Gasteiger partial charge is 0.348 e. The second kappa shape index (κ2) is 7.10. The molecule has 0 bridgehead atoms. The molecule has 1 amide bonds. The number of hydrogen-bond acceptors (Lipinski definition) is 5. The van der Waals surface area contributed by atoms with Crippen LogP contribution in [-0.4, -0.2) is 25.6 Å². The molecule has 9 heteroatoms. The Morgan fingerprint density at radius 1 is 1.28 bits per heavy atom. The number of rotatable bonds is 5. The van der Waals surface area contributed by atoms with Crippen molar-refractivity contribution in [2.24, 2.45) is 0 Å². The summed E-state index contributed by atoms with van der Waals surface area (Å²) in [5.74, 6) is -0.423. The summed E-state index contributed by atoms with van der Waals surface area (Å²) in [6, 6.07) is 11.2. The number of benzene rings is 2. The van der Waals surface area contributed by atoms with Crippen LogP contribution in [0.5, 0.6) is 0 Å². The Morgan fingerprint density at radius 2 is 2.12 bits per heavy atom. The second-order valence-corrected chi connectivity index (χ2v) is 5.55. The first-order valence-corrected chi connectivity index (χ1v) is 7.58. The summed E-state index contributed by atoms with van der Waals surface area (Å²) in [4.78, 5) is 26.8. The molecule has 0 atom stereocenters. The van der Waals surface area contributed by atoms with Gasteiger partial charge in [-0.15, -0.1) is 0 Å². The zero-order valence-electron chi connectivity index (χ0n) is 12.8. The summed E-state index contributed by atoms with van der Waals surface area (Å²) in [5, 5.41) is 18.5. The lowest BCUT2D eigenvalue weighted by Crippen LogP contribution is -2.23. The van der Waals surface area contributed by atoms with Gasteiger partial charge in [-0.1, -0.05) is 23.7 Å². The molecule has 0 radical (unpaired) electrons. The minimum Gasteiger partial charge on any atom is -0.348 e. The van der Waals surface area contributed by atoms with Gasteiger partial charge in [0.25, 0.3) is 11.6 Å². The molecule has 1 aromatic heterocycles. The van der Waals surface area contributed by atoms with Crippen LogP contribution in [0.15, 0.2) is 55.1 Å². The maximum atomic E-state index is 12.3. The van der Waals surface area contributed by atoms with Crippen molar-refractivity contribution in [2.45, 2.75) is 6.54 Å². The minimum absolute atomic E-state index is 0.178.